The van der Waals surface area contributed by atoms with E-state index in [0.29, 0.717) is 6.61 Å². The molecule has 1 N–H and O–H groups in total. The van der Waals surface area contributed by atoms with Crippen LogP contribution >= 0.6 is 0 Å². The van der Waals surface area contributed by atoms with Gasteiger partial charge in [-0.3, -0.25) is 0 Å². The highest BCUT2D eigenvalue weighted by Crippen LogP contribution is 2.22. The van der Waals surface area contributed by atoms with Gasteiger partial charge in [-0.15, -0.1) is 0 Å². The first kappa shape index (κ1) is 7.69. The number of hydrogen-bond donors (Lipinski definition) is 1. The molecular weight excluding hydrogens is 130 g/mol. The van der Waals surface area contributed by atoms with Gasteiger partial charge in [-0.2, -0.15) is 0 Å². The standard InChI is InChI=1S/C7H13NO2/c1-10-6-7(5-9)2-3-8-4-7/h5,8H,2-4,6H2,1H3. The summed E-state index contributed by atoms with van der Waals surface area (Å²) in [7, 11) is 1.63. The van der Waals surface area contributed by atoms with Crippen LogP contribution in [0.15, 0.2) is 0 Å². The van der Waals surface area contributed by atoms with Crippen molar-refractivity contribution >= 4 is 6.29 Å². The van der Waals surface area contributed by atoms with E-state index in [1.54, 1.807) is 7.11 Å². The predicted octanol–water partition coefficient (Wildman–Crippen LogP) is -0.189. The zero-order chi connectivity index (χ0) is 7.45. The molecule has 0 aliphatic carbocycles. The highest BCUT2D eigenvalue weighted by atomic mass is 16.5. The summed E-state index contributed by atoms with van der Waals surface area (Å²) in [6.45, 7) is 2.25. The fourth-order valence-corrected chi connectivity index (χ4v) is 1.31. The predicted molar refractivity (Wildman–Crippen MR) is 37.9 cm³/mol. The monoisotopic (exact) mass is 143 g/mol. The Morgan fingerprint density at radius 2 is 2.60 bits per heavy atom. The number of ether oxygens (including phenoxy) is 1. The zero-order valence-electron chi connectivity index (χ0n) is 6.22. The Labute approximate surface area is 60.7 Å². The highest BCUT2D eigenvalue weighted by Gasteiger charge is 2.33. The molecule has 0 saturated carbocycles. The van der Waals surface area contributed by atoms with Crippen molar-refractivity contribution in [1.82, 2.24) is 5.32 Å². The summed E-state index contributed by atoms with van der Waals surface area (Å²) in [5.74, 6) is 0. The fourth-order valence-electron chi connectivity index (χ4n) is 1.31. The van der Waals surface area contributed by atoms with Gasteiger partial charge >= 0.3 is 0 Å². The summed E-state index contributed by atoms with van der Waals surface area (Å²) in [5, 5.41) is 3.14. The van der Waals surface area contributed by atoms with Crippen molar-refractivity contribution in [2.24, 2.45) is 5.41 Å². The van der Waals surface area contributed by atoms with E-state index in [-0.39, 0.29) is 5.41 Å². The van der Waals surface area contributed by atoms with Gasteiger partial charge in [-0.1, -0.05) is 0 Å². The molecule has 1 atom stereocenters. The van der Waals surface area contributed by atoms with E-state index in [2.05, 4.69) is 5.32 Å². The van der Waals surface area contributed by atoms with Crippen molar-refractivity contribution in [1.29, 1.82) is 0 Å². The summed E-state index contributed by atoms with van der Waals surface area (Å²) >= 11 is 0. The molecule has 1 heterocycles. The molecule has 0 bridgehead atoms. The Morgan fingerprint density at radius 3 is 3.00 bits per heavy atom. The highest BCUT2D eigenvalue weighted by molar-refractivity contribution is 5.60. The van der Waals surface area contributed by atoms with Crippen molar-refractivity contribution in [2.75, 3.05) is 26.8 Å². The minimum absolute atomic E-state index is 0.227. The second-order valence-corrected chi connectivity index (χ2v) is 2.84. The lowest BCUT2D eigenvalue weighted by atomic mass is 9.90. The largest absolute Gasteiger partial charge is 0.384 e. The smallest absolute Gasteiger partial charge is 0.129 e. The van der Waals surface area contributed by atoms with Crippen LogP contribution in [-0.4, -0.2) is 33.1 Å². The van der Waals surface area contributed by atoms with Crippen LogP contribution in [0.25, 0.3) is 0 Å². The quantitative estimate of drug-likeness (QED) is 0.556. The van der Waals surface area contributed by atoms with Crippen molar-refractivity contribution in [3.8, 4) is 0 Å². The van der Waals surface area contributed by atoms with Crippen LogP contribution in [0.2, 0.25) is 0 Å². The van der Waals surface area contributed by atoms with E-state index >= 15 is 0 Å². The Kier molecular flexibility index (Phi) is 2.40. The average Bonchev–Trinajstić information content (AvgIpc) is 2.39. The Morgan fingerprint density at radius 1 is 1.80 bits per heavy atom. The molecule has 1 unspecified atom stereocenters. The van der Waals surface area contributed by atoms with Gasteiger partial charge in [-0.05, 0) is 13.0 Å². The molecule has 1 fully saturated rings. The molecule has 1 aliphatic heterocycles. The normalized spacial score (nSPS) is 32.5. The van der Waals surface area contributed by atoms with Crippen LogP contribution < -0.4 is 5.32 Å². The number of nitrogens with one attached hydrogen (secondary N) is 1. The van der Waals surface area contributed by atoms with Crippen molar-refractivity contribution < 1.29 is 9.53 Å². The second-order valence-electron chi connectivity index (χ2n) is 2.84. The first-order valence-corrected chi connectivity index (χ1v) is 3.49. The van der Waals surface area contributed by atoms with Crippen LogP contribution in [0.1, 0.15) is 6.42 Å². The van der Waals surface area contributed by atoms with Crippen LogP contribution in [-0.2, 0) is 9.53 Å². The Bertz CT molecular complexity index is 119. The van der Waals surface area contributed by atoms with Gasteiger partial charge in [0.2, 0.25) is 0 Å². The molecule has 10 heavy (non-hydrogen) atoms. The lowest BCUT2D eigenvalue weighted by Gasteiger charge is -2.18. The molecule has 0 radical (unpaired) electrons. The average molecular weight is 143 g/mol. The van der Waals surface area contributed by atoms with Gasteiger partial charge in [0, 0.05) is 13.7 Å². The minimum Gasteiger partial charge on any atom is -0.384 e. The molecular formula is C7H13NO2. The van der Waals surface area contributed by atoms with Crippen LogP contribution in [0.5, 0.6) is 0 Å². The first-order chi connectivity index (χ1) is 4.83. The second kappa shape index (κ2) is 3.12. The zero-order valence-corrected chi connectivity index (χ0v) is 6.22. The summed E-state index contributed by atoms with van der Waals surface area (Å²) < 4.78 is 4.95. The summed E-state index contributed by atoms with van der Waals surface area (Å²) in [4.78, 5) is 10.6. The maximum atomic E-state index is 10.6. The number of methoxy groups -OCH3 is 1. The van der Waals surface area contributed by atoms with Crippen molar-refractivity contribution in [2.45, 2.75) is 6.42 Å². The van der Waals surface area contributed by atoms with Gasteiger partial charge in [0.05, 0.1) is 12.0 Å². The van der Waals surface area contributed by atoms with E-state index in [1.807, 2.05) is 0 Å². The Balaban J connectivity index is 2.49. The topological polar surface area (TPSA) is 38.3 Å². The molecule has 0 aromatic carbocycles. The first-order valence-electron chi connectivity index (χ1n) is 3.49. The van der Waals surface area contributed by atoms with E-state index in [4.69, 9.17) is 4.74 Å². The molecule has 0 spiro atoms. The van der Waals surface area contributed by atoms with E-state index in [1.165, 1.54) is 0 Å². The molecule has 0 aromatic heterocycles. The van der Waals surface area contributed by atoms with Gasteiger partial charge in [0.1, 0.15) is 6.29 Å². The molecule has 3 nitrogen and oxygen atoms in total. The molecule has 3 heteroatoms. The van der Waals surface area contributed by atoms with Crippen LogP contribution in [0.3, 0.4) is 0 Å². The van der Waals surface area contributed by atoms with E-state index in [9.17, 15) is 4.79 Å². The van der Waals surface area contributed by atoms with E-state index in [0.717, 1.165) is 25.8 Å². The number of carbonyl (C=O) groups is 1. The van der Waals surface area contributed by atoms with Gasteiger partial charge in [0.15, 0.2) is 0 Å². The summed E-state index contributed by atoms with van der Waals surface area (Å²) in [6, 6.07) is 0. The van der Waals surface area contributed by atoms with Crippen LogP contribution in [0.4, 0.5) is 0 Å². The molecule has 1 aliphatic rings. The van der Waals surface area contributed by atoms with Crippen LogP contribution in [0, 0.1) is 5.41 Å². The summed E-state index contributed by atoms with van der Waals surface area (Å²) in [6.07, 6.45) is 1.92. The third kappa shape index (κ3) is 1.36. The lowest BCUT2D eigenvalue weighted by Crippen LogP contribution is -2.30. The number of hydrogen-bond acceptors (Lipinski definition) is 3. The van der Waals surface area contributed by atoms with E-state index < -0.39 is 0 Å². The molecule has 1 rings (SSSR count). The van der Waals surface area contributed by atoms with Gasteiger partial charge in [-0.25, -0.2) is 0 Å². The minimum atomic E-state index is -0.227. The van der Waals surface area contributed by atoms with Gasteiger partial charge < -0.3 is 14.8 Å². The van der Waals surface area contributed by atoms with Gasteiger partial charge in [0.25, 0.3) is 0 Å². The third-order valence-corrected chi connectivity index (χ3v) is 1.96. The number of rotatable bonds is 3. The lowest BCUT2D eigenvalue weighted by molar-refractivity contribution is -0.117. The molecule has 0 amide bonds. The summed E-state index contributed by atoms with van der Waals surface area (Å²) in [5.41, 5.74) is -0.227. The van der Waals surface area contributed by atoms with Crippen molar-refractivity contribution in [3.63, 3.8) is 0 Å². The third-order valence-electron chi connectivity index (χ3n) is 1.96. The Hall–Kier alpha value is -0.410. The van der Waals surface area contributed by atoms with Crippen molar-refractivity contribution in [3.05, 3.63) is 0 Å². The molecule has 58 valence electrons. The maximum absolute atomic E-state index is 10.6. The number of aldehydes is 1. The maximum Gasteiger partial charge on any atom is 0.129 e. The fraction of sp³-hybridized carbons (Fsp3) is 0.857. The SMILES string of the molecule is COCC1(C=O)CCNC1. The molecule has 0 aromatic rings. The number of carbonyl (C=O) groups excluding carboxylic acids is 1. The molecule has 1 saturated heterocycles.